The lowest BCUT2D eigenvalue weighted by molar-refractivity contribution is 0.362. The first-order valence-corrected chi connectivity index (χ1v) is 9.67. The minimum atomic E-state index is 0.138. The van der Waals surface area contributed by atoms with E-state index in [1.165, 1.54) is 42.4 Å². The molecule has 0 spiro atoms. The molecule has 0 aromatic heterocycles. The molecular weight excluding hydrogens is 324 g/mol. The summed E-state index contributed by atoms with van der Waals surface area (Å²) in [6, 6.07) is 17.2. The third-order valence-electron chi connectivity index (χ3n) is 5.15. The van der Waals surface area contributed by atoms with Crippen LogP contribution in [-0.2, 0) is 6.42 Å². The van der Waals surface area contributed by atoms with Gasteiger partial charge in [-0.2, -0.15) is 0 Å². The van der Waals surface area contributed by atoms with Crippen molar-refractivity contribution in [1.82, 2.24) is 5.32 Å². The summed E-state index contributed by atoms with van der Waals surface area (Å²) in [5.74, 6) is 0. The first-order valence-electron chi connectivity index (χ1n) is 9.26. The van der Waals surface area contributed by atoms with Crippen molar-refractivity contribution in [2.24, 2.45) is 0 Å². The second-order valence-electron chi connectivity index (χ2n) is 7.43. The van der Waals surface area contributed by atoms with Gasteiger partial charge in [-0.1, -0.05) is 49.2 Å². The first-order chi connectivity index (χ1) is 12.0. The summed E-state index contributed by atoms with van der Waals surface area (Å²) < 4.78 is 0. The average molecular weight is 353 g/mol. The summed E-state index contributed by atoms with van der Waals surface area (Å²) in [6.45, 7) is 4.24. The quantitative estimate of drug-likeness (QED) is 0.691. The first kappa shape index (κ1) is 17.9. The molecule has 1 aliphatic carbocycles. The van der Waals surface area contributed by atoms with Gasteiger partial charge in [0.05, 0.1) is 0 Å². The van der Waals surface area contributed by atoms with Gasteiger partial charge in [0, 0.05) is 11.2 Å². The Balaban J connectivity index is 1.63. The highest BCUT2D eigenvalue weighted by Gasteiger charge is 2.33. The predicted octanol–water partition coefficient (Wildman–Crippen LogP) is 5.54. The highest BCUT2D eigenvalue weighted by molar-refractivity contribution is 7.80. The second kappa shape index (κ2) is 8.01. The van der Waals surface area contributed by atoms with Crippen molar-refractivity contribution >= 4 is 23.0 Å². The smallest absolute Gasteiger partial charge is 0.171 e. The van der Waals surface area contributed by atoms with Crippen molar-refractivity contribution in [3.8, 4) is 0 Å². The van der Waals surface area contributed by atoms with E-state index in [0.29, 0.717) is 0 Å². The molecule has 132 valence electrons. The molecule has 0 heterocycles. The molecule has 2 N–H and O–H groups in total. The Morgan fingerprint density at radius 1 is 1.00 bits per heavy atom. The molecule has 1 fully saturated rings. The second-order valence-corrected chi connectivity index (χ2v) is 7.84. The summed E-state index contributed by atoms with van der Waals surface area (Å²) in [5, 5.41) is 7.81. The van der Waals surface area contributed by atoms with E-state index in [4.69, 9.17) is 12.2 Å². The minimum Gasteiger partial charge on any atom is -0.357 e. The third kappa shape index (κ3) is 5.05. The van der Waals surface area contributed by atoms with Crippen LogP contribution in [0.3, 0.4) is 0 Å². The monoisotopic (exact) mass is 352 g/mol. The Kier molecular flexibility index (Phi) is 5.74. The summed E-state index contributed by atoms with van der Waals surface area (Å²) in [5.41, 5.74) is 5.13. The number of thiocarbonyl (C=S) groups is 1. The number of rotatable bonds is 5. The van der Waals surface area contributed by atoms with Crippen LogP contribution in [0.1, 0.15) is 48.8 Å². The SMILES string of the molecule is Cc1cc(C)cc(NC(=S)NC2(CCc3ccccc3)CCCC2)c1. The van der Waals surface area contributed by atoms with Crippen LogP contribution >= 0.6 is 12.2 Å². The Morgan fingerprint density at radius 3 is 2.28 bits per heavy atom. The van der Waals surface area contributed by atoms with Gasteiger partial charge in [0.15, 0.2) is 5.11 Å². The Bertz CT molecular complexity index is 698. The van der Waals surface area contributed by atoms with Crippen molar-refractivity contribution < 1.29 is 0 Å². The van der Waals surface area contributed by atoms with Gasteiger partial charge in [0.25, 0.3) is 0 Å². The highest BCUT2D eigenvalue weighted by atomic mass is 32.1. The Morgan fingerprint density at radius 2 is 1.64 bits per heavy atom. The molecule has 25 heavy (non-hydrogen) atoms. The Labute approximate surface area is 157 Å². The van der Waals surface area contributed by atoms with Crippen LogP contribution in [0.25, 0.3) is 0 Å². The van der Waals surface area contributed by atoms with Crippen molar-refractivity contribution in [3.63, 3.8) is 0 Å². The molecular formula is C22H28N2S. The fourth-order valence-corrected chi connectivity index (χ4v) is 4.30. The molecule has 0 unspecified atom stereocenters. The number of anilines is 1. The number of hydrogen-bond donors (Lipinski definition) is 2. The van der Waals surface area contributed by atoms with Crippen LogP contribution in [0.2, 0.25) is 0 Å². The summed E-state index contributed by atoms with van der Waals surface area (Å²) in [4.78, 5) is 0. The third-order valence-corrected chi connectivity index (χ3v) is 5.36. The van der Waals surface area contributed by atoms with Gasteiger partial charge in [-0.05, 0) is 80.6 Å². The lowest BCUT2D eigenvalue weighted by Crippen LogP contribution is -2.48. The predicted molar refractivity (Wildman–Crippen MR) is 111 cm³/mol. The maximum absolute atomic E-state index is 5.64. The van der Waals surface area contributed by atoms with Crippen LogP contribution in [0, 0.1) is 13.8 Å². The number of benzene rings is 2. The van der Waals surface area contributed by atoms with Crippen LogP contribution < -0.4 is 10.6 Å². The van der Waals surface area contributed by atoms with Crippen molar-refractivity contribution in [2.45, 2.75) is 57.9 Å². The van der Waals surface area contributed by atoms with E-state index >= 15 is 0 Å². The maximum atomic E-state index is 5.64. The molecule has 0 saturated heterocycles. The lowest BCUT2D eigenvalue weighted by atomic mass is 9.89. The molecule has 0 amide bonds. The van der Waals surface area contributed by atoms with Crippen molar-refractivity contribution in [2.75, 3.05) is 5.32 Å². The van der Waals surface area contributed by atoms with Crippen LogP contribution in [0.4, 0.5) is 5.69 Å². The fraction of sp³-hybridized carbons (Fsp3) is 0.409. The average Bonchev–Trinajstić information content (AvgIpc) is 3.01. The summed E-state index contributed by atoms with van der Waals surface area (Å²) in [6.07, 6.45) is 7.20. The van der Waals surface area contributed by atoms with Gasteiger partial charge in [0.2, 0.25) is 0 Å². The zero-order chi connectivity index (χ0) is 17.7. The van der Waals surface area contributed by atoms with E-state index in [1.807, 2.05) is 0 Å². The molecule has 2 aromatic rings. The van der Waals surface area contributed by atoms with Crippen LogP contribution in [0.5, 0.6) is 0 Å². The maximum Gasteiger partial charge on any atom is 0.171 e. The van der Waals surface area contributed by atoms with Gasteiger partial charge in [-0.25, -0.2) is 0 Å². The molecule has 3 heteroatoms. The van der Waals surface area contributed by atoms with Gasteiger partial charge >= 0.3 is 0 Å². The zero-order valence-corrected chi connectivity index (χ0v) is 16.1. The largest absolute Gasteiger partial charge is 0.357 e. The van der Waals surface area contributed by atoms with E-state index in [2.05, 4.69) is 73.0 Å². The van der Waals surface area contributed by atoms with Gasteiger partial charge in [0.1, 0.15) is 0 Å². The van der Waals surface area contributed by atoms with E-state index < -0.39 is 0 Å². The summed E-state index contributed by atoms with van der Waals surface area (Å²) >= 11 is 5.64. The normalized spacial score (nSPS) is 15.8. The molecule has 2 aromatic carbocycles. The van der Waals surface area contributed by atoms with E-state index in [1.54, 1.807) is 0 Å². The molecule has 2 nitrogen and oxygen atoms in total. The number of nitrogens with one attached hydrogen (secondary N) is 2. The molecule has 1 aliphatic rings. The Hall–Kier alpha value is -1.87. The molecule has 0 bridgehead atoms. The van der Waals surface area contributed by atoms with Gasteiger partial charge < -0.3 is 10.6 Å². The number of hydrogen-bond acceptors (Lipinski definition) is 1. The van der Waals surface area contributed by atoms with Gasteiger partial charge in [-0.3, -0.25) is 0 Å². The van der Waals surface area contributed by atoms with Crippen LogP contribution in [-0.4, -0.2) is 10.7 Å². The molecule has 0 radical (unpaired) electrons. The summed E-state index contributed by atoms with van der Waals surface area (Å²) in [7, 11) is 0. The molecule has 3 rings (SSSR count). The van der Waals surface area contributed by atoms with Crippen LogP contribution in [0.15, 0.2) is 48.5 Å². The standard InChI is InChI=1S/C22H28N2S/c1-17-14-18(2)16-20(15-17)23-21(25)24-22(11-6-7-12-22)13-10-19-8-4-3-5-9-19/h3-5,8-9,14-16H,6-7,10-13H2,1-2H3,(H2,23,24,25). The topological polar surface area (TPSA) is 24.1 Å². The lowest BCUT2D eigenvalue weighted by Gasteiger charge is -2.32. The minimum absolute atomic E-state index is 0.138. The van der Waals surface area contributed by atoms with E-state index in [9.17, 15) is 0 Å². The molecule has 0 aliphatic heterocycles. The van der Waals surface area contributed by atoms with Crippen molar-refractivity contribution in [1.29, 1.82) is 0 Å². The van der Waals surface area contributed by atoms with E-state index in [0.717, 1.165) is 23.6 Å². The highest BCUT2D eigenvalue weighted by Crippen LogP contribution is 2.34. The fourth-order valence-electron chi connectivity index (χ4n) is 3.97. The van der Waals surface area contributed by atoms with Gasteiger partial charge in [-0.15, -0.1) is 0 Å². The number of aryl methyl sites for hydroxylation is 3. The molecule has 0 atom stereocenters. The van der Waals surface area contributed by atoms with Crippen molar-refractivity contribution in [3.05, 3.63) is 65.2 Å². The zero-order valence-electron chi connectivity index (χ0n) is 15.3. The van der Waals surface area contributed by atoms with E-state index in [-0.39, 0.29) is 5.54 Å². The molecule has 1 saturated carbocycles.